The summed E-state index contributed by atoms with van der Waals surface area (Å²) in [6.07, 6.45) is 3.53. The van der Waals surface area contributed by atoms with Gasteiger partial charge < -0.3 is 14.7 Å². The Morgan fingerprint density at radius 1 is 1.26 bits per heavy atom. The van der Waals surface area contributed by atoms with Crippen molar-refractivity contribution >= 4 is 18.3 Å². The average molecular weight is 337 g/mol. The van der Waals surface area contributed by atoms with E-state index in [0.29, 0.717) is 0 Å². The van der Waals surface area contributed by atoms with Crippen LogP contribution in [0.25, 0.3) is 0 Å². The third kappa shape index (κ3) is 4.38. The molecule has 1 N–H and O–H groups in total. The zero-order chi connectivity index (χ0) is 16.3. The van der Waals surface area contributed by atoms with E-state index in [9.17, 15) is 5.11 Å². The van der Waals surface area contributed by atoms with E-state index in [1.165, 1.54) is 0 Å². The molecular formula is C17H27N3O2S. The van der Waals surface area contributed by atoms with Gasteiger partial charge in [0.25, 0.3) is 0 Å². The fourth-order valence-electron chi connectivity index (χ4n) is 3.35. The topological polar surface area (TPSA) is 48.8 Å². The standard InChI is InChI=1S/C17H27N3O2S/c1-14(23)16-3-2-15(12-18-16)20-6-4-17(21,5-7-20)13-19-8-10-22-11-9-19/h2-3,12,14,21,23H,4-11,13H2,1H3. The van der Waals surface area contributed by atoms with Crippen molar-refractivity contribution in [2.45, 2.75) is 30.6 Å². The summed E-state index contributed by atoms with van der Waals surface area (Å²) in [5.74, 6) is 0. The number of piperidine rings is 1. The van der Waals surface area contributed by atoms with Crippen LogP contribution < -0.4 is 4.90 Å². The normalized spacial score (nSPS) is 23.7. The van der Waals surface area contributed by atoms with E-state index >= 15 is 0 Å². The zero-order valence-electron chi connectivity index (χ0n) is 13.8. The second-order valence-corrected chi connectivity index (χ2v) is 7.49. The molecule has 3 rings (SSSR count). The van der Waals surface area contributed by atoms with Crippen molar-refractivity contribution in [1.29, 1.82) is 0 Å². The van der Waals surface area contributed by atoms with Crippen LogP contribution in [0.15, 0.2) is 18.3 Å². The number of anilines is 1. The van der Waals surface area contributed by atoms with E-state index < -0.39 is 5.60 Å². The van der Waals surface area contributed by atoms with Gasteiger partial charge in [-0.05, 0) is 31.9 Å². The van der Waals surface area contributed by atoms with Crippen LogP contribution in [-0.4, -0.2) is 66.5 Å². The smallest absolute Gasteiger partial charge is 0.0807 e. The number of hydrogen-bond acceptors (Lipinski definition) is 6. The molecule has 2 saturated heterocycles. The third-order valence-corrected chi connectivity index (χ3v) is 5.14. The summed E-state index contributed by atoms with van der Waals surface area (Å²) in [4.78, 5) is 9.12. The highest BCUT2D eigenvalue weighted by molar-refractivity contribution is 7.80. The molecule has 0 bridgehead atoms. The maximum Gasteiger partial charge on any atom is 0.0807 e. The van der Waals surface area contributed by atoms with Crippen LogP contribution in [0.3, 0.4) is 0 Å². The van der Waals surface area contributed by atoms with E-state index in [1.54, 1.807) is 0 Å². The summed E-state index contributed by atoms with van der Waals surface area (Å²) in [6, 6.07) is 4.16. The average Bonchev–Trinajstić information content (AvgIpc) is 2.56. The lowest BCUT2D eigenvalue weighted by Crippen LogP contribution is -2.53. The second kappa shape index (κ2) is 7.38. The molecule has 23 heavy (non-hydrogen) atoms. The first kappa shape index (κ1) is 17.0. The van der Waals surface area contributed by atoms with Crippen molar-refractivity contribution in [2.24, 2.45) is 0 Å². The highest BCUT2D eigenvalue weighted by Gasteiger charge is 2.34. The van der Waals surface area contributed by atoms with Crippen molar-refractivity contribution in [3.63, 3.8) is 0 Å². The number of pyridine rings is 1. The van der Waals surface area contributed by atoms with Crippen molar-refractivity contribution in [1.82, 2.24) is 9.88 Å². The Kier molecular flexibility index (Phi) is 5.46. The molecule has 0 aliphatic carbocycles. The van der Waals surface area contributed by atoms with Crippen LogP contribution in [0.2, 0.25) is 0 Å². The first-order valence-electron chi connectivity index (χ1n) is 8.47. The fraction of sp³-hybridized carbons (Fsp3) is 0.706. The van der Waals surface area contributed by atoms with Gasteiger partial charge in [0.05, 0.1) is 36.4 Å². The molecule has 6 heteroatoms. The Morgan fingerprint density at radius 3 is 2.52 bits per heavy atom. The lowest BCUT2D eigenvalue weighted by molar-refractivity contribution is -0.0440. The summed E-state index contributed by atoms with van der Waals surface area (Å²) < 4.78 is 5.38. The summed E-state index contributed by atoms with van der Waals surface area (Å²) in [5.41, 5.74) is 1.56. The van der Waals surface area contributed by atoms with Crippen molar-refractivity contribution in [2.75, 3.05) is 50.8 Å². The maximum atomic E-state index is 10.9. The molecule has 1 aromatic heterocycles. The summed E-state index contributed by atoms with van der Waals surface area (Å²) in [5, 5.41) is 11.0. The molecular weight excluding hydrogens is 310 g/mol. The van der Waals surface area contributed by atoms with Gasteiger partial charge in [-0.15, -0.1) is 0 Å². The Hall–Kier alpha value is -0.820. The number of hydrogen-bond donors (Lipinski definition) is 2. The number of nitrogens with zero attached hydrogens (tertiary/aromatic N) is 3. The molecule has 0 amide bonds. The summed E-state index contributed by atoms with van der Waals surface area (Å²) in [6.45, 7) is 7.96. The second-order valence-electron chi connectivity index (χ2n) is 6.72. The quantitative estimate of drug-likeness (QED) is 0.820. The predicted octanol–water partition coefficient (Wildman–Crippen LogP) is 1.74. The Labute approximate surface area is 144 Å². The molecule has 128 valence electrons. The minimum Gasteiger partial charge on any atom is -0.388 e. The van der Waals surface area contributed by atoms with Gasteiger partial charge in [-0.1, -0.05) is 0 Å². The zero-order valence-corrected chi connectivity index (χ0v) is 14.7. The van der Waals surface area contributed by atoms with Gasteiger partial charge in [0, 0.05) is 38.0 Å². The predicted molar refractivity (Wildman–Crippen MR) is 95.3 cm³/mol. The highest BCUT2D eigenvalue weighted by Crippen LogP contribution is 2.28. The summed E-state index contributed by atoms with van der Waals surface area (Å²) in [7, 11) is 0. The molecule has 0 radical (unpaired) electrons. The molecule has 0 aromatic carbocycles. The molecule has 0 saturated carbocycles. The lowest BCUT2D eigenvalue weighted by Gasteiger charge is -2.42. The van der Waals surface area contributed by atoms with Crippen LogP contribution in [0.1, 0.15) is 30.7 Å². The van der Waals surface area contributed by atoms with Gasteiger partial charge in [0.1, 0.15) is 0 Å². The van der Waals surface area contributed by atoms with Crippen molar-refractivity contribution < 1.29 is 9.84 Å². The minimum absolute atomic E-state index is 0.156. The minimum atomic E-state index is -0.569. The molecule has 2 aliphatic rings. The largest absolute Gasteiger partial charge is 0.388 e. The number of β-amino-alcohol motifs (C(OH)–C–C–N with tert-alkyl or cyclic N) is 1. The third-order valence-electron chi connectivity index (χ3n) is 4.88. The number of thiol groups is 1. The van der Waals surface area contributed by atoms with Crippen LogP contribution in [0.5, 0.6) is 0 Å². The van der Waals surface area contributed by atoms with E-state index in [4.69, 9.17) is 4.74 Å². The van der Waals surface area contributed by atoms with E-state index in [2.05, 4.69) is 33.5 Å². The highest BCUT2D eigenvalue weighted by atomic mass is 32.1. The monoisotopic (exact) mass is 337 g/mol. The fourth-order valence-corrected chi connectivity index (χ4v) is 3.50. The van der Waals surface area contributed by atoms with Crippen LogP contribution in [0.4, 0.5) is 5.69 Å². The Bertz CT molecular complexity index is 495. The number of aliphatic hydroxyl groups is 1. The molecule has 5 nitrogen and oxygen atoms in total. The van der Waals surface area contributed by atoms with Crippen molar-refractivity contribution in [3.8, 4) is 0 Å². The molecule has 1 unspecified atom stereocenters. The van der Waals surface area contributed by atoms with Gasteiger partial charge >= 0.3 is 0 Å². The number of ether oxygens (including phenoxy) is 1. The maximum absolute atomic E-state index is 10.9. The van der Waals surface area contributed by atoms with Crippen molar-refractivity contribution in [3.05, 3.63) is 24.0 Å². The number of rotatable bonds is 4. The van der Waals surface area contributed by atoms with E-state index in [-0.39, 0.29) is 5.25 Å². The molecule has 1 atom stereocenters. The van der Waals surface area contributed by atoms with Gasteiger partial charge in [-0.3, -0.25) is 9.88 Å². The molecule has 2 fully saturated rings. The molecule has 0 spiro atoms. The van der Waals surface area contributed by atoms with E-state index in [1.807, 2.05) is 19.2 Å². The molecule has 2 aliphatic heterocycles. The van der Waals surface area contributed by atoms with Gasteiger partial charge in [-0.2, -0.15) is 12.6 Å². The molecule has 1 aromatic rings. The van der Waals surface area contributed by atoms with Crippen LogP contribution >= 0.6 is 12.6 Å². The SMILES string of the molecule is CC(S)c1ccc(N2CCC(O)(CN3CCOCC3)CC2)cn1. The number of aromatic nitrogens is 1. The Balaban J connectivity index is 1.54. The number of morpholine rings is 1. The van der Waals surface area contributed by atoms with Gasteiger partial charge in [0.15, 0.2) is 0 Å². The van der Waals surface area contributed by atoms with Gasteiger partial charge in [-0.25, -0.2) is 0 Å². The van der Waals surface area contributed by atoms with E-state index in [0.717, 1.165) is 70.2 Å². The van der Waals surface area contributed by atoms with Crippen LogP contribution in [0, 0.1) is 0 Å². The Morgan fingerprint density at radius 2 is 1.96 bits per heavy atom. The summed E-state index contributed by atoms with van der Waals surface area (Å²) >= 11 is 4.41. The first-order chi connectivity index (χ1) is 11.1. The lowest BCUT2D eigenvalue weighted by atomic mass is 9.90. The first-order valence-corrected chi connectivity index (χ1v) is 8.99. The van der Waals surface area contributed by atoms with Gasteiger partial charge in [0.2, 0.25) is 0 Å². The molecule has 3 heterocycles. The van der Waals surface area contributed by atoms with Crippen LogP contribution in [-0.2, 0) is 4.74 Å².